The summed E-state index contributed by atoms with van der Waals surface area (Å²) in [6.45, 7) is 6.02. The van der Waals surface area contributed by atoms with Crippen molar-refractivity contribution < 1.29 is 73.2 Å². The summed E-state index contributed by atoms with van der Waals surface area (Å²) in [5.74, 6) is -4.32. The number of esters is 1. The predicted octanol–water partition coefficient (Wildman–Crippen LogP) is -3.63. The van der Waals surface area contributed by atoms with Crippen molar-refractivity contribution in [2.75, 3.05) is 27.4 Å². The Bertz CT molecular complexity index is 987. The van der Waals surface area contributed by atoms with E-state index in [0.717, 1.165) is 0 Å². The summed E-state index contributed by atoms with van der Waals surface area (Å²) >= 11 is 1.19. The number of carboxylic acid groups (broad SMARTS) is 1. The number of carboxylic acids is 1. The second kappa shape index (κ2) is 12.4. The molecule has 0 radical (unpaired) electrons. The molecule has 12 nitrogen and oxygen atoms in total. The Labute approximate surface area is 242 Å². The van der Waals surface area contributed by atoms with Crippen molar-refractivity contribution >= 4 is 41.6 Å². The molecule has 200 valence electrons. The van der Waals surface area contributed by atoms with Crippen LogP contribution >= 0.6 is 11.8 Å². The number of likely N-dealkylation sites (tertiary alicyclic amines) is 1. The van der Waals surface area contributed by atoms with Crippen molar-refractivity contribution in [2.24, 2.45) is 17.8 Å². The number of ether oxygens (including phenoxy) is 2. The van der Waals surface area contributed by atoms with Crippen molar-refractivity contribution in [3.05, 3.63) is 10.6 Å². The maximum Gasteiger partial charge on any atom is 1.00 e. The Morgan fingerprint density at radius 1 is 1.19 bits per heavy atom. The van der Waals surface area contributed by atoms with Crippen LogP contribution in [0.15, 0.2) is 10.6 Å². The van der Waals surface area contributed by atoms with E-state index in [1.807, 2.05) is 0 Å². The summed E-state index contributed by atoms with van der Waals surface area (Å²) in [7, 11) is 3.11. The molecule has 0 aromatic heterocycles. The normalized spacial score (nSPS) is 27.4. The first-order valence-corrected chi connectivity index (χ1v) is 12.6. The fourth-order valence-electron chi connectivity index (χ4n) is 4.85. The van der Waals surface area contributed by atoms with Gasteiger partial charge in [0.05, 0.1) is 35.6 Å². The summed E-state index contributed by atoms with van der Waals surface area (Å²) < 4.78 is 9.96. The minimum atomic E-state index is -1.49. The Kier molecular flexibility index (Phi) is 10.5. The summed E-state index contributed by atoms with van der Waals surface area (Å²) in [6, 6.07) is -1.36. The van der Waals surface area contributed by atoms with Crippen LogP contribution in [-0.2, 0) is 28.7 Å². The first kappa shape index (κ1) is 31.4. The number of aliphatic carboxylic acids is 1. The van der Waals surface area contributed by atoms with Gasteiger partial charge in [-0.15, -0.1) is 11.8 Å². The summed E-state index contributed by atoms with van der Waals surface area (Å²) in [6.07, 6.45) is -1.55. The van der Waals surface area contributed by atoms with E-state index in [0.29, 0.717) is 4.91 Å². The topological polar surface area (TPSA) is 157 Å². The van der Waals surface area contributed by atoms with Gasteiger partial charge in [-0.3, -0.25) is 19.3 Å². The molecule has 0 aromatic rings. The molecule has 3 amide bonds. The standard InChI is InChI=1S/C23H33N3O9S.Na/c1-10(2)22(32)34-9-35-23(33)25-8-13(7-14(25)19(28)24(5)6)36-18-11(3)16-15(12(4)27)20(29)26(16)17(18)21(30)31;/h10-16,27H,7-9H2,1-6H3,(H,30,31);/q;+1/p-1/t11-,12-,13+,14+,15-,16-;/m1./s1. The molecule has 3 aliphatic rings. The zero-order valence-electron chi connectivity index (χ0n) is 22.1. The number of aliphatic hydroxyl groups is 1. The second-order valence-corrected chi connectivity index (χ2v) is 11.1. The number of hydrogen-bond donors (Lipinski definition) is 1. The van der Waals surface area contributed by atoms with E-state index in [2.05, 4.69) is 0 Å². The molecule has 0 spiro atoms. The molecular formula is C23H32N3NaO9S. The molecule has 0 saturated carbocycles. The first-order valence-electron chi connectivity index (χ1n) is 11.7. The molecule has 0 aromatic carbocycles. The minimum Gasteiger partial charge on any atom is -0.543 e. The molecule has 3 rings (SSSR count). The zero-order chi connectivity index (χ0) is 27.1. The molecule has 2 fully saturated rings. The van der Waals surface area contributed by atoms with Crippen molar-refractivity contribution in [1.82, 2.24) is 14.7 Å². The van der Waals surface area contributed by atoms with Gasteiger partial charge in [0, 0.05) is 36.7 Å². The van der Waals surface area contributed by atoms with E-state index in [4.69, 9.17) is 9.47 Å². The number of hydrogen-bond acceptors (Lipinski definition) is 10. The van der Waals surface area contributed by atoms with Crippen LogP contribution in [0.2, 0.25) is 0 Å². The van der Waals surface area contributed by atoms with Gasteiger partial charge < -0.3 is 34.3 Å². The number of aliphatic hydroxyl groups excluding tert-OH is 1. The molecule has 2 saturated heterocycles. The number of β-lactam (4-membered cyclic amide) rings is 1. The van der Waals surface area contributed by atoms with Gasteiger partial charge in [-0.05, 0) is 13.3 Å². The third-order valence-electron chi connectivity index (χ3n) is 6.67. The first-order chi connectivity index (χ1) is 16.8. The molecule has 0 unspecified atom stereocenters. The van der Waals surface area contributed by atoms with Gasteiger partial charge in [-0.2, -0.15) is 0 Å². The minimum absolute atomic E-state index is 0. The molecule has 0 bridgehead atoms. The van der Waals surface area contributed by atoms with E-state index in [1.165, 1.54) is 33.4 Å². The Morgan fingerprint density at radius 2 is 1.81 bits per heavy atom. The van der Waals surface area contributed by atoms with Crippen molar-refractivity contribution in [1.29, 1.82) is 0 Å². The van der Waals surface area contributed by atoms with E-state index >= 15 is 0 Å². The SMILES string of the molecule is CC(C)C(=O)OCOC(=O)N1C[C@@H](SC2=C(C(=O)[O-])N3C(=O)[C@H]([C@@H](C)O)[C@H]3[C@H]2C)C[C@H]1C(=O)N(C)C.[Na+]. The predicted molar refractivity (Wildman–Crippen MR) is 124 cm³/mol. The van der Waals surface area contributed by atoms with Crippen LogP contribution in [0.5, 0.6) is 0 Å². The van der Waals surface area contributed by atoms with E-state index < -0.39 is 60.8 Å². The van der Waals surface area contributed by atoms with Gasteiger partial charge in [-0.25, -0.2) is 4.79 Å². The number of nitrogens with zero attached hydrogens (tertiary/aromatic N) is 3. The maximum atomic E-state index is 12.8. The van der Waals surface area contributed by atoms with Crippen LogP contribution in [0.4, 0.5) is 4.79 Å². The number of amides is 3. The van der Waals surface area contributed by atoms with Crippen molar-refractivity contribution in [3.8, 4) is 0 Å². The van der Waals surface area contributed by atoms with Gasteiger partial charge in [0.25, 0.3) is 0 Å². The fourth-order valence-corrected chi connectivity index (χ4v) is 6.37. The average molecular weight is 550 g/mol. The van der Waals surface area contributed by atoms with Crippen LogP contribution < -0.4 is 34.7 Å². The number of thioether (sulfide) groups is 1. The van der Waals surface area contributed by atoms with Crippen LogP contribution in [0, 0.1) is 17.8 Å². The number of carbonyl (C=O) groups is 5. The van der Waals surface area contributed by atoms with Gasteiger partial charge in [-0.1, -0.05) is 20.8 Å². The third-order valence-corrected chi connectivity index (χ3v) is 8.17. The van der Waals surface area contributed by atoms with Crippen LogP contribution in [0.3, 0.4) is 0 Å². The average Bonchev–Trinajstić information content (AvgIpc) is 3.30. The van der Waals surface area contributed by atoms with E-state index in [-0.39, 0.29) is 65.3 Å². The number of fused-ring (bicyclic) bond motifs is 1. The molecule has 3 heterocycles. The molecule has 37 heavy (non-hydrogen) atoms. The third kappa shape index (κ3) is 6.11. The quantitative estimate of drug-likeness (QED) is 0.139. The Balaban J connectivity index is 0.00000481. The summed E-state index contributed by atoms with van der Waals surface area (Å²) in [5, 5.41) is 21.6. The molecule has 14 heteroatoms. The molecule has 6 atom stereocenters. The van der Waals surface area contributed by atoms with Crippen LogP contribution in [0.25, 0.3) is 0 Å². The van der Waals surface area contributed by atoms with E-state index in [1.54, 1.807) is 34.9 Å². The molecule has 3 aliphatic heterocycles. The van der Waals surface area contributed by atoms with Crippen molar-refractivity contribution in [3.63, 3.8) is 0 Å². The Morgan fingerprint density at radius 3 is 2.32 bits per heavy atom. The van der Waals surface area contributed by atoms with Gasteiger partial charge >= 0.3 is 41.6 Å². The van der Waals surface area contributed by atoms with Crippen LogP contribution in [-0.4, -0.2) is 101 Å². The monoisotopic (exact) mass is 549 g/mol. The maximum absolute atomic E-state index is 12.8. The number of carbonyl (C=O) groups excluding carboxylic acids is 5. The smallest absolute Gasteiger partial charge is 0.543 e. The van der Waals surface area contributed by atoms with Gasteiger partial charge in [0.2, 0.25) is 18.6 Å². The van der Waals surface area contributed by atoms with Gasteiger partial charge in [0.1, 0.15) is 6.04 Å². The molecule has 1 N–H and O–H groups in total. The number of likely N-dealkylation sites (N-methyl/N-ethyl adjacent to an activating group) is 1. The largest absolute Gasteiger partial charge is 1.00 e. The fraction of sp³-hybridized carbons (Fsp3) is 0.696. The number of rotatable bonds is 8. The van der Waals surface area contributed by atoms with Crippen LogP contribution in [0.1, 0.15) is 34.1 Å². The van der Waals surface area contributed by atoms with Gasteiger partial charge in [0.15, 0.2) is 0 Å². The Hall–Kier alpha value is -1.80. The van der Waals surface area contributed by atoms with E-state index in [9.17, 15) is 34.2 Å². The summed E-state index contributed by atoms with van der Waals surface area (Å²) in [4.78, 5) is 65.9. The molecular weight excluding hydrogens is 517 g/mol. The zero-order valence-corrected chi connectivity index (χ0v) is 24.9. The second-order valence-electron chi connectivity index (χ2n) is 9.78. The van der Waals surface area contributed by atoms with Crippen molar-refractivity contribution in [2.45, 2.75) is 57.6 Å². The summed E-state index contributed by atoms with van der Waals surface area (Å²) in [5.41, 5.74) is -0.225. The molecule has 0 aliphatic carbocycles.